The molecule has 1 unspecified atom stereocenters. The van der Waals surface area contributed by atoms with Gasteiger partial charge in [-0.2, -0.15) is 5.10 Å². The van der Waals surface area contributed by atoms with Crippen molar-refractivity contribution in [3.63, 3.8) is 0 Å². The number of para-hydroxylation sites is 1. The molecule has 2 aliphatic rings. The van der Waals surface area contributed by atoms with Crippen molar-refractivity contribution in [3.8, 4) is 22.8 Å². The maximum atomic E-state index is 12.4. The third-order valence-corrected chi connectivity index (χ3v) is 8.62. The number of aromatic nitrogens is 3. The molecule has 0 spiro atoms. The molecule has 0 amide bonds. The van der Waals surface area contributed by atoms with Crippen LogP contribution >= 0.6 is 11.8 Å². The molecule has 1 aliphatic carbocycles. The number of alkyl halides is 3. The Balaban J connectivity index is 1.13. The summed E-state index contributed by atoms with van der Waals surface area (Å²) < 4.78 is 42.7. The van der Waals surface area contributed by atoms with Crippen LogP contribution in [0, 0.1) is 0 Å². The zero-order valence-corrected chi connectivity index (χ0v) is 23.7. The van der Waals surface area contributed by atoms with Crippen LogP contribution in [0.5, 0.6) is 5.75 Å². The molecule has 1 saturated carbocycles. The normalized spacial score (nSPS) is 18.9. The van der Waals surface area contributed by atoms with Gasteiger partial charge in [0.15, 0.2) is 11.0 Å². The second-order valence-corrected chi connectivity index (χ2v) is 11.4. The molecule has 0 radical (unpaired) electrons. The van der Waals surface area contributed by atoms with Gasteiger partial charge in [0, 0.05) is 23.0 Å². The fourth-order valence-corrected chi connectivity index (χ4v) is 6.48. The van der Waals surface area contributed by atoms with E-state index >= 15 is 0 Å². The SMILES string of the molecule is CC1CSC(=NN=Cc2ccc(-c3ncn(-c4ccc(OC(F)(F)F)cc4)n3)cc2)N1c1ccccc1C1CCCC1. The van der Waals surface area contributed by atoms with E-state index in [1.54, 1.807) is 18.0 Å². The summed E-state index contributed by atoms with van der Waals surface area (Å²) in [5.74, 6) is 1.77. The minimum Gasteiger partial charge on any atom is -0.406 e. The van der Waals surface area contributed by atoms with Crippen molar-refractivity contribution in [1.29, 1.82) is 0 Å². The summed E-state index contributed by atoms with van der Waals surface area (Å²) in [6.07, 6.45) is 3.59. The predicted octanol–water partition coefficient (Wildman–Crippen LogP) is 7.82. The zero-order valence-electron chi connectivity index (χ0n) is 22.9. The first-order valence-corrected chi connectivity index (χ1v) is 14.8. The van der Waals surface area contributed by atoms with E-state index in [0.717, 1.165) is 22.0 Å². The van der Waals surface area contributed by atoms with Gasteiger partial charge in [-0.1, -0.05) is 67.1 Å². The summed E-state index contributed by atoms with van der Waals surface area (Å²) in [5.41, 5.74) is 4.91. The Morgan fingerprint density at radius 3 is 2.45 bits per heavy atom. The minimum absolute atomic E-state index is 0.295. The lowest BCUT2D eigenvalue weighted by atomic mass is 9.95. The molecular formula is C31H29F3N6OS. The van der Waals surface area contributed by atoms with Gasteiger partial charge in [0.2, 0.25) is 0 Å². The van der Waals surface area contributed by atoms with Crippen molar-refractivity contribution >= 4 is 28.8 Å². The van der Waals surface area contributed by atoms with Crippen LogP contribution in [0.15, 0.2) is 89.3 Å². The lowest BCUT2D eigenvalue weighted by molar-refractivity contribution is -0.274. The molecule has 216 valence electrons. The van der Waals surface area contributed by atoms with Crippen LogP contribution in [0.4, 0.5) is 18.9 Å². The van der Waals surface area contributed by atoms with Crippen LogP contribution in [0.2, 0.25) is 0 Å². The Labute approximate surface area is 246 Å². The fourth-order valence-electron chi connectivity index (χ4n) is 5.42. The maximum Gasteiger partial charge on any atom is 0.573 e. The molecule has 1 atom stereocenters. The molecule has 2 fully saturated rings. The van der Waals surface area contributed by atoms with Gasteiger partial charge in [0.05, 0.1) is 11.9 Å². The van der Waals surface area contributed by atoms with Crippen LogP contribution in [-0.2, 0) is 0 Å². The highest BCUT2D eigenvalue weighted by atomic mass is 32.2. The molecular weight excluding hydrogens is 561 g/mol. The van der Waals surface area contributed by atoms with Crippen molar-refractivity contribution in [2.75, 3.05) is 10.7 Å². The molecule has 3 aromatic carbocycles. The number of halogens is 3. The second kappa shape index (κ2) is 12.0. The second-order valence-electron chi connectivity index (χ2n) is 10.4. The van der Waals surface area contributed by atoms with Crippen molar-refractivity contribution in [1.82, 2.24) is 14.8 Å². The molecule has 2 heterocycles. The molecule has 0 bridgehead atoms. The van der Waals surface area contributed by atoms with E-state index in [-0.39, 0.29) is 5.75 Å². The third kappa shape index (κ3) is 6.35. The number of benzene rings is 3. The van der Waals surface area contributed by atoms with E-state index < -0.39 is 6.36 Å². The summed E-state index contributed by atoms with van der Waals surface area (Å²) in [6.45, 7) is 2.23. The summed E-state index contributed by atoms with van der Waals surface area (Å²) in [5, 5.41) is 14.4. The highest BCUT2D eigenvalue weighted by Gasteiger charge is 2.32. The number of rotatable bonds is 7. The molecule has 1 saturated heterocycles. The number of ether oxygens (including phenoxy) is 1. The molecule has 1 aliphatic heterocycles. The number of anilines is 1. The topological polar surface area (TPSA) is 67.9 Å². The lowest BCUT2D eigenvalue weighted by Crippen LogP contribution is -2.32. The van der Waals surface area contributed by atoms with E-state index in [1.807, 2.05) is 24.3 Å². The quantitative estimate of drug-likeness (QED) is 0.162. The number of hydrogen-bond acceptors (Lipinski definition) is 6. The van der Waals surface area contributed by atoms with Gasteiger partial charge in [0.1, 0.15) is 12.1 Å². The third-order valence-electron chi connectivity index (χ3n) is 7.44. The molecule has 42 heavy (non-hydrogen) atoms. The maximum absolute atomic E-state index is 12.4. The lowest BCUT2D eigenvalue weighted by Gasteiger charge is -2.27. The Kier molecular flexibility index (Phi) is 8.01. The molecule has 4 aromatic rings. The van der Waals surface area contributed by atoms with Crippen LogP contribution in [0.1, 0.15) is 49.7 Å². The van der Waals surface area contributed by atoms with E-state index in [1.165, 1.54) is 72.2 Å². The van der Waals surface area contributed by atoms with Crippen LogP contribution < -0.4 is 9.64 Å². The number of nitrogens with zero attached hydrogens (tertiary/aromatic N) is 6. The molecule has 6 rings (SSSR count). The van der Waals surface area contributed by atoms with Gasteiger partial charge in [-0.05, 0) is 67.1 Å². The summed E-state index contributed by atoms with van der Waals surface area (Å²) in [4.78, 5) is 6.68. The van der Waals surface area contributed by atoms with Gasteiger partial charge in [-0.15, -0.1) is 23.4 Å². The fraction of sp³-hybridized carbons (Fsp3) is 0.290. The minimum atomic E-state index is -4.74. The van der Waals surface area contributed by atoms with E-state index in [2.05, 4.69) is 61.1 Å². The zero-order chi connectivity index (χ0) is 29.1. The largest absolute Gasteiger partial charge is 0.573 e. The first-order valence-electron chi connectivity index (χ1n) is 13.8. The standard InChI is InChI=1S/C31H29F3N6OS/c1-21-19-42-30(40(21)28-9-5-4-8-27(28)23-6-2-3-7-23)37-36-18-22-10-12-24(13-11-22)29-35-20-39(38-29)25-14-16-26(17-15-25)41-31(32,33)34/h4-5,8-18,20-21,23H,2-3,6-7,19H2,1H3. The monoisotopic (exact) mass is 590 g/mol. The Hall–Kier alpha value is -4.12. The van der Waals surface area contributed by atoms with E-state index in [9.17, 15) is 13.2 Å². The van der Waals surface area contributed by atoms with Crippen LogP contribution in [0.3, 0.4) is 0 Å². The van der Waals surface area contributed by atoms with Gasteiger partial charge in [-0.3, -0.25) is 0 Å². The van der Waals surface area contributed by atoms with Gasteiger partial charge in [-0.25, -0.2) is 9.67 Å². The summed E-state index contributed by atoms with van der Waals surface area (Å²) in [7, 11) is 0. The van der Waals surface area contributed by atoms with Crippen LogP contribution in [-0.4, -0.2) is 44.3 Å². The van der Waals surface area contributed by atoms with Crippen molar-refractivity contribution in [2.24, 2.45) is 10.2 Å². The predicted molar refractivity (Wildman–Crippen MR) is 161 cm³/mol. The van der Waals surface area contributed by atoms with Crippen molar-refractivity contribution in [2.45, 2.75) is 50.9 Å². The first kappa shape index (κ1) is 28.0. The number of hydrogen-bond donors (Lipinski definition) is 0. The highest BCUT2D eigenvalue weighted by Crippen LogP contribution is 2.41. The average molecular weight is 591 g/mol. The summed E-state index contributed by atoms with van der Waals surface area (Å²) in [6, 6.07) is 22.1. The van der Waals surface area contributed by atoms with Crippen molar-refractivity contribution in [3.05, 3.63) is 90.3 Å². The Morgan fingerprint density at radius 1 is 0.976 bits per heavy atom. The molecule has 11 heteroatoms. The smallest absolute Gasteiger partial charge is 0.406 e. The van der Waals surface area contributed by atoms with Gasteiger partial charge in [0.25, 0.3) is 0 Å². The number of thioether (sulfide) groups is 1. The molecule has 1 aromatic heterocycles. The van der Waals surface area contributed by atoms with E-state index in [4.69, 9.17) is 0 Å². The highest BCUT2D eigenvalue weighted by molar-refractivity contribution is 8.14. The van der Waals surface area contributed by atoms with Crippen molar-refractivity contribution < 1.29 is 17.9 Å². The van der Waals surface area contributed by atoms with Gasteiger partial charge < -0.3 is 9.64 Å². The first-order chi connectivity index (χ1) is 20.3. The molecule has 0 N–H and O–H groups in total. The van der Waals surface area contributed by atoms with E-state index in [0.29, 0.717) is 23.5 Å². The van der Waals surface area contributed by atoms with Gasteiger partial charge >= 0.3 is 6.36 Å². The number of amidine groups is 1. The Bertz CT molecular complexity index is 1580. The summed E-state index contributed by atoms with van der Waals surface area (Å²) >= 11 is 1.73. The average Bonchev–Trinajstić information content (AvgIpc) is 3.75. The Morgan fingerprint density at radius 2 is 1.71 bits per heavy atom. The molecule has 7 nitrogen and oxygen atoms in total. The van der Waals surface area contributed by atoms with Crippen LogP contribution in [0.25, 0.3) is 17.1 Å².